The summed E-state index contributed by atoms with van der Waals surface area (Å²) < 4.78 is 0. The molecule has 0 aromatic rings. The van der Waals surface area contributed by atoms with Crippen molar-refractivity contribution in [3.8, 4) is 0 Å². The predicted octanol–water partition coefficient (Wildman–Crippen LogP) is 1.21. The monoisotopic (exact) mass is 162 g/mol. The minimum Gasteiger partial charge on any atom is -0.303 e. The number of hydrogen-bond donors (Lipinski definition) is 0. The lowest BCUT2D eigenvalue weighted by Gasteiger charge is -1.66. The highest BCUT2D eigenvalue weighted by Crippen LogP contribution is 2.42. The predicted molar refractivity (Wildman–Crippen MR) is 31.4 cm³/mol. The molecule has 1 fully saturated rings. The van der Waals surface area contributed by atoms with Crippen molar-refractivity contribution in [2.24, 2.45) is 11.8 Å². The zero-order valence-corrected chi connectivity index (χ0v) is 5.68. The fourth-order valence-corrected chi connectivity index (χ4v) is 1.42. The minimum absolute atomic E-state index is 0.306. The van der Waals surface area contributed by atoms with Crippen LogP contribution in [0.4, 0.5) is 0 Å². The number of hydrogen-bond acceptors (Lipinski definition) is 1. The fourth-order valence-electron chi connectivity index (χ4n) is 0.642. The maximum Gasteiger partial charge on any atom is 0.124 e. The number of carbonyl (C=O) groups is 1. The molecular weight excluding hydrogens is 156 g/mol. The van der Waals surface area contributed by atoms with Gasteiger partial charge in [0.05, 0.1) is 0 Å². The third-order valence-electron chi connectivity index (χ3n) is 1.49. The van der Waals surface area contributed by atoms with Crippen LogP contribution in [0.15, 0.2) is 0 Å². The molecule has 1 aliphatic carbocycles. The zero-order chi connectivity index (χ0) is 5.44. The number of rotatable bonds is 1. The lowest BCUT2D eigenvalue weighted by atomic mass is 10.4. The van der Waals surface area contributed by atoms with Gasteiger partial charge in [0.1, 0.15) is 6.29 Å². The topological polar surface area (TPSA) is 17.1 Å². The Hall–Kier alpha value is 0.150. The van der Waals surface area contributed by atoms with Crippen LogP contribution in [-0.4, -0.2) is 11.1 Å². The van der Waals surface area contributed by atoms with E-state index in [1.807, 2.05) is 0 Å². The largest absolute Gasteiger partial charge is 0.303 e. The van der Waals surface area contributed by atoms with Gasteiger partial charge in [0.25, 0.3) is 0 Å². The molecule has 0 aromatic heterocycles. The van der Waals surface area contributed by atoms with Crippen molar-refractivity contribution in [3.63, 3.8) is 0 Å². The van der Waals surface area contributed by atoms with Gasteiger partial charge >= 0.3 is 0 Å². The second-order valence-corrected chi connectivity index (χ2v) is 3.07. The quantitative estimate of drug-likeness (QED) is 0.419. The Labute approximate surface area is 51.2 Å². The highest BCUT2D eigenvalue weighted by molar-refractivity contribution is 9.09. The van der Waals surface area contributed by atoms with E-state index in [1.54, 1.807) is 0 Å². The van der Waals surface area contributed by atoms with Crippen LogP contribution in [0, 0.1) is 11.8 Å². The lowest BCUT2D eigenvalue weighted by Crippen LogP contribution is -1.76. The van der Waals surface area contributed by atoms with E-state index in [0.29, 0.717) is 16.7 Å². The second kappa shape index (κ2) is 1.58. The summed E-state index contributed by atoms with van der Waals surface area (Å²) in [5.41, 5.74) is 0. The average molecular weight is 163 g/mol. The molecule has 1 nitrogen and oxygen atoms in total. The molecule has 0 aliphatic heterocycles. The van der Waals surface area contributed by atoms with Gasteiger partial charge in [-0.25, -0.2) is 0 Å². The molecule has 3 atom stereocenters. The van der Waals surface area contributed by atoms with Crippen LogP contribution in [0.25, 0.3) is 0 Å². The lowest BCUT2D eigenvalue weighted by molar-refractivity contribution is -0.109. The van der Waals surface area contributed by atoms with Crippen LogP contribution >= 0.6 is 15.9 Å². The maximum absolute atomic E-state index is 9.96. The first-order chi connectivity index (χ1) is 3.27. The van der Waals surface area contributed by atoms with Crippen molar-refractivity contribution >= 4 is 22.2 Å². The fraction of sp³-hybridized carbons (Fsp3) is 0.800. The number of halogens is 1. The van der Waals surface area contributed by atoms with Crippen molar-refractivity contribution < 1.29 is 4.79 Å². The van der Waals surface area contributed by atoms with Crippen LogP contribution in [-0.2, 0) is 4.79 Å². The Morgan fingerprint density at radius 3 is 2.14 bits per heavy atom. The van der Waals surface area contributed by atoms with E-state index in [1.165, 1.54) is 0 Å². The zero-order valence-electron chi connectivity index (χ0n) is 4.10. The highest BCUT2D eigenvalue weighted by Gasteiger charge is 2.44. The van der Waals surface area contributed by atoms with E-state index < -0.39 is 0 Å². The molecular formula is C5H7BrO. The summed E-state index contributed by atoms with van der Waals surface area (Å²) in [6, 6.07) is 0. The van der Waals surface area contributed by atoms with Crippen LogP contribution in [0.5, 0.6) is 0 Å². The van der Waals surface area contributed by atoms with Crippen LogP contribution in [0.1, 0.15) is 6.92 Å². The van der Waals surface area contributed by atoms with Gasteiger partial charge in [-0.2, -0.15) is 0 Å². The Morgan fingerprint density at radius 1 is 1.71 bits per heavy atom. The Morgan fingerprint density at radius 2 is 2.14 bits per heavy atom. The molecule has 0 heterocycles. The Kier molecular flexibility index (Phi) is 1.20. The number of alkyl halides is 1. The molecule has 0 amide bonds. The van der Waals surface area contributed by atoms with Crippen LogP contribution in [0.2, 0.25) is 0 Å². The van der Waals surface area contributed by atoms with Gasteiger partial charge in [-0.15, -0.1) is 0 Å². The second-order valence-electron chi connectivity index (χ2n) is 2.02. The minimum atomic E-state index is 0.306. The molecule has 0 radical (unpaired) electrons. The van der Waals surface area contributed by atoms with Gasteiger partial charge in [-0.1, -0.05) is 22.9 Å². The van der Waals surface area contributed by atoms with Crippen molar-refractivity contribution in [1.29, 1.82) is 0 Å². The first-order valence-electron chi connectivity index (χ1n) is 2.36. The summed E-state index contributed by atoms with van der Waals surface area (Å²) in [5, 5.41) is 0. The molecule has 0 N–H and O–H groups in total. The maximum atomic E-state index is 9.96. The molecule has 40 valence electrons. The third-order valence-corrected chi connectivity index (χ3v) is 2.94. The molecule has 2 heteroatoms. The van der Waals surface area contributed by atoms with E-state index in [0.717, 1.165) is 6.29 Å². The molecule has 0 bridgehead atoms. The molecule has 1 aliphatic rings. The van der Waals surface area contributed by atoms with Crippen molar-refractivity contribution in [2.45, 2.75) is 11.8 Å². The van der Waals surface area contributed by atoms with Gasteiger partial charge < -0.3 is 4.79 Å². The van der Waals surface area contributed by atoms with E-state index in [-0.39, 0.29) is 0 Å². The molecule has 0 saturated heterocycles. The van der Waals surface area contributed by atoms with E-state index in [9.17, 15) is 4.79 Å². The van der Waals surface area contributed by atoms with E-state index in [4.69, 9.17) is 0 Å². The molecule has 0 spiro atoms. The summed E-state index contributed by atoms with van der Waals surface area (Å²) in [6.07, 6.45) is 1.02. The summed E-state index contributed by atoms with van der Waals surface area (Å²) >= 11 is 3.34. The average Bonchev–Trinajstić information content (AvgIpc) is 2.17. The third kappa shape index (κ3) is 0.717. The van der Waals surface area contributed by atoms with Gasteiger partial charge in [0, 0.05) is 10.7 Å². The van der Waals surface area contributed by atoms with E-state index >= 15 is 0 Å². The summed E-state index contributed by atoms with van der Waals surface area (Å²) in [6.45, 7) is 2.07. The molecule has 7 heavy (non-hydrogen) atoms. The first kappa shape index (κ1) is 5.29. The van der Waals surface area contributed by atoms with Gasteiger partial charge in [0.15, 0.2) is 0 Å². The number of carbonyl (C=O) groups excluding carboxylic acids is 1. The van der Waals surface area contributed by atoms with Crippen molar-refractivity contribution in [1.82, 2.24) is 0 Å². The van der Waals surface area contributed by atoms with E-state index in [2.05, 4.69) is 22.9 Å². The Balaban J connectivity index is 2.37. The molecule has 0 aromatic carbocycles. The molecule has 1 rings (SSSR count). The van der Waals surface area contributed by atoms with Crippen LogP contribution < -0.4 is 0 Å². The van der Waals surface area contributed by atoms with Crippen molar-refractivity contribution in [3.05, 3.63) is 0 Å². The Bertz CT molecular complexity index is 84.1. The summed E-state index contributed by atoms with van der Waals surface area (Å²) in [7, 11) is 0. The molecule has 1 saturated carbocycles. The normalized spacial score (nSPS) is 48.6. The smallest absolute Gasteiger partial charge is 0.124 e. The number of aldehydes is 1. The highest BCUT2D eigenvalue weighted by atomic mass is 79.9. The van der Waals surface area contributed by atoms with Crippen molar-refractivity contribution in [2.75, 3.05) is 0 Å². The molecule has 0 unspecified atom stereocenters. The first-order valence-corrected chi connectivity index (χ1v) is 3.28. The van der Waals surface area contributed by atoms with Gasteiger partial charge in [-0.05, 0) is 5.92 Å². The summed E-state index contributed by atoms with van der Waals surface area (Å²) in [4.78, 5) is 10.4. The SMILES string of the molecule is C[C@@H]1[C@H](Br)[C@@H]1C=O. The standard InChI is InChI=1S/C5H7BrO/c1-3-4(2-7)5(3)6/h2-5H,1H3/t3-,4+,5-/m0/s1. The summed E-state index contributed by atoms with van der Waals surface area (Å²) in [5.74, 6) is 0.887. The van der Waals surface area contributed by atoms with Gasteiger partial charge in [-0.3, -0.25) is 0 Å². The van der Waals surface area contributed by atoms with Gasteiger partial charge in [0.2, 0.25) is 0 Å². The van der Waals surface area contributed by atoms with Crippen LogP contribution in [0.3, 0.4) is 0 Å².